The number of hydrogen-bond acceptors (Lipinski definition) is 4. The number of nitriles is 1. The number of hydrogen-bond donors (Lipinski definition) is 0. The zero-order chi connectivity index (χ0) is 14.0. The molecular formula is C15H19N3O. The van der Waals surface area contributed by atoms with Crippen LogP contribution in [0.5, 0.6) is 0 Å². The van der Waals surface area contributed by atoms with Crippen LogP contribution in [0.4, 0.5) is 0 Å². The largest absolute Gasteiger partial charge is 0.298 e. The number of carbonyl (C=O) groups is 1. The van der Waals surface area contributed by atoms with E-state index in [0.29, 0.717) is 29.8 Å². The minimum absolute atomic E-state index is 0.0144. The quantitative estimate of drug-likeness (QED) is 0.813. The smallest absolute Gasteiger partial charge is 0.156 e. The van der Waals surface area contributed by atoms with Crippen LogP contribution in [0.15, 0.2) is 6.07 Å². The van der Waals surface area contributed by atoms with E-state index in [9.17, 15) is 10.1 Å². The second kappa shape index (κ2) is 5.48. The predicted molar refractivity (Wildman–Crippen MR) is 71.4 cm³/mol. The van der Waals surface area contributed by atoms with Gasteiger partial charge in [-0.3, -0.25) is 4.79 Å². The van der Waals surface area contributed by atoms with Crippen molar-refractivity contribution in [2.24, 2.45) is 11.8 Å². The molecule has 0 amide bonds. The fraction of sp³-hybridized carbons (Fsp3) is 0.600. The molecule has 1 heterocycles. The highest BCUT2D eigenvalue weighted by Gasteiger charge is 2.32. The van der Waals surface area contributed by atoms with E-state index in [1.165, 1.54) is 12.8 Å². The van der Waals surface area contributed by atoms with Crippen LogP contribution in [0.2, 0.25) is 0 Å². The molecule has 0 unspecified atom stereocenters. The number of rotatable bonds is 5. The average Bonchev–Trinajstić information content (AvgIpc) is 3.11. The van der Waals surface area contributed by atoms with E-state index in [4.69, 9.17) is 0 Å². The van der Waals surface area contributed by atoms with Crippen molar-refractivity contribution in [1.29, 1.82) is 5.26 Å². The van der Waals surface area contributed by atoms with E-state index < -0.39 is 5.92 Å². The summed E-state index contributed by atoms with van der Waals surface area (Å²) in [7, 11) is 0. The van der Waals surface area contributed by atoms with Gasteiger partial charge in [-0.1, -0.05) is 6.92 Å². The Balaban J connectivity index is 2.14. The second-order valence-electron chi connectivity index (χ2n) is 5.53. The zero-order valence-corrected chi connectivity index (χ0v) is 11.7. The van der Waals surface area contributed by atoms with Crippen LogP contribution >= 0.6 is 0 Å². The van der Waals surface area contributed by atoms with E-state index in [0.717, 1.165) is 5.69 Å². The number of aryl methyl sites for hydroxylation is 2. The zero-order valence-electron chi connectivity index (χ0n) is 11.7. The van der Waals surface area contributed by atoms with Crippen LogP contribution in [0.25, 0.3) is 0 Å². The molecule has 0 spiro atoms. The maximum Gasteiger partial charge on any atom is 0.156 e. The van der Waals surface area contributed by atoms with Crippen molar-refractivity contribution < 1.29 is 4.79 Å². The van der Waals surface area contributed by atoms with Crippen molar-refractivity contribution in [1.82, 2.24) is 9.97 Å². The van der Waals surface area contributed by atoms with Crippen molar-refractivity contribution in [3.8, 4) is 6.07 Å². The van der Waals surface area contributed by atoms with E-state index >= 15 is 0 Å². The van der Waals surface area contributed by atoms with Crippen molar-refractivity contribution in [2.45, 2.75) is 46.0 Å². The Morgan fingerprint density at radius 1 is 1.47 bits per heavy atom. The van der Waals surface area contributed by atoms with Crippen LogP contribution in [-0.2, 0) is 4.79 Å². The van der Waals surface area contributed by atoms with Crippen LogP contribution in [0.3, 0.4) is 0 Å². The first-order valence-electron chi connectivity index (χ1n) is 6.75. The standard InChI is InChI=1S/C15H19N3O/c1-9(12-4-5-12)6-15(19)13(8-16)14-7-10(2)17-11(3)18-14/h7,9,12-13H,4-6H2,1-3H3/t9-,13-/m0/s1. The lowest BCUT2D eigenvalue weighted by Gasteiger charge is -2.13. The second-order valence-corrected chi connectivity index (χ2v) is 5.53. The molecule has 1 aromatic rings. The van der Waals surface area contributed by atoms with E-state index in [-0.39, 0.29) is 5.78 Å². The summed E-state index contributed by atoms with van der Waals surface area (Å²) in [6.45, 7) is 5.73. The molecule has 1 fully saturated rings. The number of aromatic nitrogens is 2. The summed E-state index contributed by atoms with van der Waals surface area (Å²) in [5, 5.41) is 9.27. The maximum atomic E-state index is 12.3. The highest BCUT2D eigenvalue weighted by molar-refractivity contribution is 5.88. The Bertz CT molecular complexity index is 508. The van der Waals surface area contributed by atoms with Crippen molar-refractivity contribution in [3.05, 3.63) is 23.3 Å². The van der Waals surface area contributed by atoms with Gasteiger partial charge in [0.1, 0.15) is 11.7 Å². The summed E-state index contributed by atoms with van der Waals surface area (Å²) in [6, 6.07) is 3.83. The predicted octanol–water partition coefficient (Wildman–Crippen LogP) is 2.71. The molecular weight excluding hydrogens is 238 g/mol. The molecule has 4 nitrogen and oxygen atoms in total. The molecule has 100 valence electrons. The summed E-state index contributed by atoms with van der Waals surface area (Å²) in [4.78, 5) is 20.7. The van der Waals surface area contributed by atoms with Gasteiger partial charge in [0.15, 0.2) is 5.78 Å². The van der Waals surface area contributed by atoms with Gasteiger partial charge in [0.2, 0.25) is 0 Å². The highest BCUT2D eigenvalue weighted by atomic mass is 16.1. The van der Waals surface area contributed by atoms with Gasteiger partial charge >= 0.3 is 0 Å². The molecule has 0 bridgehead atoms. The van der Waals surface area contributed by atoms with Crippen LogP contribution in [0.1, 0.15) is 49.3 Å². The Kier molecular flexibility index (Phi) is 3.94. The van der Waals surface area contributed by atoms with Gasteiger partial charge in [0, 0.05) is 12.1 Å². The Labute approximate surface area is 113 Å². The number of nitrogens with zero attached hydrogens (tertiary/aromatic N) is 3. The normalized spacial score (nSPS) is 17.6. The molecule has 1 aliphatic carbocycles. The molecule has 0 radical (unpaired) electrons. The van der Waals surface area contributed by atoms with E-state index in [1.807, 2.05) is 6.92 Å². The first kappa shape index (κ1) is 13.7. The molecule has 1 aromatic heterocycles. The number of Topliss-reactive ketones (excluding diaryl/α,β-unsaturated/α-hetero) is 1. The lowest BCUT2D eigenvalue weighted by atomic mass is 9.91. The van der Waals surface area contributed by atoms with Crippen LogP contribution in [-0.4, -0.2) is 15.8 Å². The molecule has 4 heteroatoms. The van der Waals surface area contributed by atoms with E-state index in [1.54, 1.807) is 13.0 Å². The minimum Gasteiger partial charge on any atom is -0.298 e. The highest BCUT2D eigenvalue weighted by Crippen LogP contribution is 2.39. The lowest BCUT2D eigenvalue weighted by Crippen LogP contribution is -2.17. The summed E-state index contributed by atoms with van der Waals surface area (Å²) in [5.74, 6) is 0.906. The van der Waals surface area contributed by atoms with Gasteiger partial charge in [-0.25, -0.2) is 9.97 Å². The topological polar surface area (TPSA) is 66.6 Å². The van der Waals surface area contributed by atoms with Crippen LogP contribution < -0.4 is 0 Å². The van der Waals surface area contributed by atoms with Crippen molar-refractivity contribution in [3.63, 3.8) is 0 Å². The van der Waals surface area contributed by atoms with Crippen molar-refractivity contribution >= 4 is 5.78 Å². The van der Waals surface area contributed by atoms with Gasteiger partial charge in [-0.15, -0.1) is 0 Å². The van der Waals surface area contributed by atoms with Gasteiger partial charge < -0.3 is 0 Å². The van der Waals surface area contributed by atoms with Gasteiger partial charge in [-0.2, -0.15) is 5.26 Å². The Hall–Kier alpha value is -1.76. The third kappa shape index (κ3) is 3.37. The third-order valence-electron chi connectivity index (χ3n) is 3.68. The molecule has 0 saturated heterocycles. The Morgan fingerprint density at radius 2 is 2.16 bits per heavy atom. The summed E-state index contributed by atoms with van der Waals surface area (Å²) >= 11 is 0. The fourth-order valence-corrected chi connectivity index (χ4v) is 2.46. The minimum atomic E-state index is -0.749. The van der Waals surface area contributed by atoms with Crippen molar-refractivity contribution in [2.75, 3.05) is 0 Å². The first-order chi connectivity index (χ1) is 9.01. The molecule has 1 saturated carbocycles. The SMILES string of the molecule is Cc1cc([C@H](C#N)C(=O)C[C@H](C)C2CC2)nc(C)n1. The monoisotopic (exact) mass is 257 g/mol. The van der Waals surface area contributed by atoms with Gasteiger partial charge in [0.05, 0.1) is 11.8 Å². The molecule has 19 heavy (non-hydrogen) atoms. The third-order valence-corrected chi connectivity index (χ3v) is 3.68. The fourth-order valence-electron chi connectivity index (χ4n) is 2.46. The van der Waals surface area contributed by atoms with Crippen LogP contribution in [0, 0.1) is 37.0 Å². The van der Waals surface area contributed by atoms with Gasteiger partial charge in [-0.05, 0) is 44.6 Å². The molecule has 1 aliphatic rings. The molecule has 2 atom stereocenters. The van der Waals surface area contributed by atoms with Gasteiger partial charge in [0.25, 0.3) is 0 Å². The molecule has 2 rings (SSSR count). The average molecular weight is 257 g/mol. The molecule has 0 aliphatic heterocycles. The summed E-state index contributed by atoms with van der Waals surface area (Å²) in [6.07, 6.45) is 2.92. The summed E-state index contributed by atoms with van der Waals surface area (Å²) in [5.41, 5.74) is 1.34. The summed E-state index contributed by atoms with van der Waals surface area (Å²) < 4.78 is 0. The first-order valence-corrected chi connectivity index (χ1v) is 6.75. The lowest BCUT2D eigenvalue weighted by molar-refractivity contribution is -0.120. The maximum absolute atomic E-state index is 12.3. The number of ketones is 1. The van der Waals surface area contributed by atoms with E-state index in [2.05, 4.69) is 23.0 Å². The molecule has 0 N–H and O–H groups in total. The number of carbonyl (C=O) groups excluding carboxylic acids is 1. The molecule has 0 aromatic carbocycles. The Morgan fingerprint density at radius 3 is 2.68 bits per heavy atom.